The molecule has 4 heteroatoms. The molecule has 0 aliphatic carbocycles. The lowest BCUT2D eigenvalue weighted by molar-refractivity contribution is 0.103. The van der Waals surface area contributed by atoms with Gasteiger partial charge in [0.2, 0.25) is 0 Å². The molecule has 0 bridgehead atoms. The van der Waals surface area contributed by atoms with Crippen molar-refractivity contribution in [3.8, 4) is 0 Å². The molecular weight excluding hydrogens is 318 g/mol. The fourth-order valence-electron chi connectivity index (χ4n) is 3.84. The van der Waals surface area contributed by atoms with Crippen LogP contribution in [0, 0.1) is 0 Å². The van der Waals surface area contributed by atoms with Gasteiger partial charge in [-0.15, -0.1) is 0 Å². The van der Waals surface area contributed by atoms with Gasteiger partial charge in [0, 0.05) is 65.6 Å². The third-order valence-electron chi connectivity index (χ3n) is 5.42. The van der Waals surface area contributed by atoms with Crippen molar-refractivity contribution >= 4 is 33.4 Å². The quantitative estimate of drug-likeness (QED) is 0.711. The van der Waals surface area contributed by atoms with Crippen LogP contribution in [0.25, 0.3) is 21.8 Å². The van der Waals surface area contributed by atoms with Gasteiger partial charge < -0.3 is 9.47 Å². The minimum absolute atomic E-state index is 0.635. The molecule has 0 unspecified atom stereocenters. The molecule has 1 fully saturated rings. The second-order valence-corrected chi connectivity index (χ2v) is 7.40. The van der Waals surface area contributed by atoms with Crippen LogP contribution < -0.4 is 0 Å². The fraction of sp³-hybridized carbons (Fsp3) is 0.400. The molecule has 0 N–H and O–H groups in total. The molecule has 126 valence electrons. The number of likely N-dealkylation sites (N-methyl/N-ethyl adjacent to an activating group) is 1. The van der Waals surface area contributed by atoms with Gasteiger partial charge in [0.25, 0.3) is 0 Å². The molecule has 1 aliphatic rings. The Labute approximate surface area is 148 Å². The van der Waals surface area contributed by atoms with Crippen LogP contribution in [0.5, 0.6) is 0 Å². The van der Waals surface area contributed by atoms with Crippen molar-refractivity contribution in [2.45, 2.75) is 19.5 Å². The van der Waals surface area contributed by atoms with Crippen molar-refractivity contribution in [2.75, 3.05) is 33.2 Å². The molecule has 3 aromatic rings. The Morgan fingerprint density at radius 1 is 1.00 bits per heavy atom. The molecule has 1 aromatic heterocycles. The van der Waals surface area contributed by atoms with Gasteiger partial charge in [-0.1, -0.05) is 29.8 Å². The van der Waals surface area contributed by atoms with E-state index >= 15 is 0 Å². The predicted octanol–water partition coefficient (Wildman–Crippen LogP) is 4.08. The smallest absolute Gasteiger partial charge is 0.0492 e. The molecule has 3 nitrogen and oxygen atoms in total. The normalized spacial score (nSPS) is 20.2. The lowest BCUT2D eigenvalue weighted by Gasteiger charge is -2.37. The molecule has 0 spiro atoms. The van der Waals surface area contributed by atoms with Gasteiger partial charge in [-0.05, 0) is 38.2 Å². The van der Waals surface area contributed by atoms with Gasteiger partial charge in [-0.25, -0.2) is 0 Å². The molecule has 0 amide bonds. The summed E-state index contributed by atoms with van der Waals surface area (Å²) in [6.45, 7) is 7.89. The third kappa shape index (κ3) is 2.81. The lowest BCUT2D eigenvalue weighted by Crippen LogP contribution is -2.50. The van der Waals surface area contributed by atoms with Gasteiger partial charge in [0.05, 0.1) is 0 Å². The van der Waals surface area contributed by atoms with Crippen LogP contribution in [-0.2, 0) is 6.54 Å². The molecule has 0 radical (unpaired) electrons. The first-order chi connectivity index (χ1) is 11.6. The number of halogens is 1. The molecular formula is C20H24ClN3. The van der Waals surface area contributed by atoms with E-state index in [0.29, 0.717) is 6.04 Å². The van der Waals surface area contributed by atoms with E-state index in [2.05, 4.69) is 64.7 Å². The lowest BCUT2D eigenvalue weighted by atomic mass is 10.2. The molecule has 2 heterocycles. The molecule has 1 saturated heterocycles. The molecule has 4 rings (SSSR count). The SMILES string of the molecule is C[C@@H]1CN(CCn2c3ccccc3c3cc(Cl)ccc32)CCN1C. The number of rotatable bonds is 3. The minimum atomic E-state index is 0.635. The number of aromatic nitrogens is 1. The second-order valence-electron chi connectivity index (χ2n) is 6.96. The highest BCUT2D eigenvalue weighted by atomic mass is 35.5. The second kappa shape index (κ2) is 6.40. The van der Waals surface area contributed by atoms with Crippen molar-refractivity contribution in [2.24, 2.45) is 0 Å². The number of hydrogen-bond donors (Lipinski definition) is 0. The first kappa shape index (κ1) is 15.9. The standard InChI is InChI=1S/C20H24ClN3/c1-15-14-23(10-9-22(15)2)11-12-24-19-6-4-3-5-17(19)18-13-16(21)7-8-20(18)24/h3-8,13,15H,9-12,14H2,1-2H3/t15-/m1/s1. The van der Waals surface area contributed by atoms with Gasteiger partial charge in [0.1, 0.15) is 0 Å². The van der Waals surface area contributed by atoms with Crippen molar-refractivity contribution in [1.29, 1.82) is 0 Å². The molecule has 2 aromatic carbocycles. The summed E-state index contributed by atoms with van der Waals surface area (Å²) in [5, 5.41) is 3.35. The van der Waals surface area contributed by atoms with Crippen LogP contribution in [0.2, 0.25) is 5.02 Å². The highest BCUT2D eigenvalue weighted by Gasteiger charge is 2.20. The Bertz CT molecular complexity index is 870. The summed E-state index contributed by atoms with van der Waals surface area (Å²) >= 11 is 6.23. The zero-order valence-electron chi connectivity index (χ0n) is 14.4. The Morgan fingerprint density at radius 2 is 1.79 bits per heavy atom. The highest BCUT2D eigenvalue weighted by molar-refractivity contribution is 6.31. The zero-order valence-corrected chi connectivity index (χ0v) is 15.1. The van der Waals surface area contributed by atoms with Gasteiger partial charge in [-0.3, -0.25) is 4.90 Å². The molecule has 1 aliphatic heterocycles. The Morgan fingerprint density at radius 3 is 2.62 bits per heavy atom. The van der Waals surface area contributed by atoms with Crippen molar-refractivity contribution < 1.29 is 0 Å². The monoisotopic (exact) mass is 341 g/mol. The van der Waals surface area contributed by atoms with Crippen LogP contribution in [0.15, 0.2) is 42.5 Å². The minimum Gasteiger partial charge on any atom is -0.339 e. The van der Waals surface area contributed by atoms with Gasteiger partial charge in [0.15, 0.2) is 0 Å². The van der Waals surface area contributed by atoms with E-state index in [4.69, 9.17) is 11.6 Å². The van der Waals surface area contributed by atoms with Crippen molar-refractivity contribution in [3.63, 3.8) is 0 Å². The number of hydrogen-bond acceptors (Lipinski definition) is 2. The van der Waals surface area contributed by atoms with Gasteiger partial charge in [-0.2, -0.15) is 0 Å². The fourth-order valence-corrected chi connectivity index (χ4v) is 4.01. The Hall–Kier alpha value is -1.55. The summed E-state index contributed by atoms with van der Waals surface area (Å²) in [6.07, 6.45) is 0. The van der Waals surface area contributed by atoms with E-state index in [-0.39, 0.29) is 0 Å². The van der Waals surface area contributed by atoms with E-state index < -0.39 is 0 Å². The third-order valence-corrected chi connectivity index (χ3v) is 5.65. The maximum Gasteiger partial charge on any atom is 0.0492 e. The van der Waals surface area contributed by atoms with Gasteiger partial charge >= 0.3 is 0 Å². The van der Waals surface area contributed by atoms with Crippen LogP contribution in [0.4, 0.5) is 0 Å². The number of fused-ring (bicyclic) bond motifs is 3. The van der Waals surface area contributed by atoms with E-state index in [1.807, 2.05) is 6.07 Å². The van der Waals surface area contributed by atoms with Crippen molar-refractivity contribution in [3.05, 3.63) is 47.5 Å². The number of benzene rings is 2. The maximum atomic E-state index is 6.23. The summed E-state index contributed by atoms with van der Waals surface area (Å²) in [6, 6.07) is 15.5. The summed E-state index contributed by atoms with van der Waals surface area (Å²) < 4.78 is 2.45. The number of para-hydroxylation sites is 1. The average molecular weight is 342 g/mol. The summed E-state index contributed by atoms with van der Waals surface area (Å²) in [5.41, 5.74) is 2.58. The molecule has 0 saturated carbocycles. The number of piperazine rings is 1. The first-order valence-electron chi connectivity index (χ1n) is 8.72. The van der Waals surface area contributed by atoms with Crippen LogP contribution >= 0.6 is 11.6 Å². The topological polar surface area (TPSA) is 11.4 Å². The predicted molar refractivity (Wildman–Crippen MR) is 103 cm³/mol. The van der Waals surface area contributed by atoms with E-state index in [0.717, 1.165) is 37.7 Å². The van der Waals surface area contributed by atoms with Crippen LogP contribution in [0.1, 0.15) is 6.92 Å². The summed E-state index contributed by atoms with van der Waals surface area (Å²) in [5.74, 6) is 0. The first-order valence-corrected chi connectivity index (χ1v) is 9.10. The Kier molecular flexibility index (Phi) is 4.25. The van der Waals surface area contributed by atoms with Crippen LogP contribution in [-0.4, -0.2) is 53.6 Å². The van der Waals surface area contributed by atoms with E-state index in [9.17, 15) is 0 Å². The van der Waals surface area contributed by atoms with Crippen LogP contribution in [0.3, 0.4) is 0 Å². The molecule has 1 atom stereocenters. The summed E-state index contributed by atoms with van der Waals surface area (Å²) in [7, 11) is 2.22. The average Bonchev–Trinajstić information content (AvgIpc) is 2.89. The zero-order chi connectivity index (χ0) is 16.7. The largest absolute Gasteiger partial charge is 0.339 e. The molecule has 24 heavy (non-hydrogen) atoms. The Balaban J connectivity index is 1.66. The highest BCUT2D eigenvalue weighted by Crippen LogP contribution is 2.30. The number of nitrogens with zero attached hydrogens (tertiary/aromatic N) is 3. The van der Waals surface area contributed by atoms with E-state index in [1.165, 1.54) is 21.8 Å². The summed E-state index contributed by atoms with van der Waals surface area (Å²) in [4.78, 5) is 5.03. The van der Waals surface area contributed by atoms with Crippen molar-refractivity contribution in [1.82, 2.24) is 14.4 Å². The van der Waals surface area contributed by atoms with E-state index in [1.54, 1.807) is 0 Å². The maximum absolute atomic E-state index is 6.23.